The van der Waals surface area contributed by atoms with Crippen LogP contribution in [0.15, 0.2) is 65.9 Å². The third-order valence-corrected chi connectivity index (χ3v) is 6.46. The quantitative estimate of drug-likeness (QED) is 0.557. The van der Waals surface area contributed by atoms with Crippen LogP contribution >= 0.6 is 11.3 Å². The van der Waals surface area contributed by atoms with Gasteiger partial charge < -0.3 is 14.5 Å². The fourth-order valence-electron chi connectivity index (χ4n) is 4.02. The van der Waals surface area contributed by atoms with E-state index in [9.17, 15) is 9.59 Å². The fraction of sp³-hybridized carbons (Fsp3) is 0.217. The van der Waals surface area contributed by atoms with Gasteiger partial charge in [0, 0.05) is 49.5 Å². The highest BCUT2D eigenvalue weighted by Gasteiger charge is 2.43. The first-order chi connectivity index (χ1) is 15.7. The van der Waals surface area contributed by atoms with E-state index >= 15 is 0 Å². The molecule has 0 unspecified atom stereocenters. The van der Waals surface area contributed by atoms with Gasteiger partial charge in [-0.1, -0.05) is 12.1 Å². The van der Waals surface area contributed by atoms with Crippen LogP contribution in [-0.2, 0) is 9.59 Å². The van der Waals surface area contributed by atoms with Crippen molar-refractivity contribution in [2.75, 3.05) is 43.1 Å². The summed E-state index contributed by atoms with van der Waals surface area (Å²) in [6, 6.07) is 12.6. The Bertz CT molecular complexity index is 1170. The SMILES string of the molecule is COc1cccc(N2C(=O)C(c3cccs3)=C(N3CCN(c4ncccn4)CC3)C2=O)c1. The van der Waals surface area contributed by atoms with E-state index in [0.717, 1.165) is 4.88 Å². The van der Waals surface area contributed by atoms with Crippen molar-refractivity contribution in [3.05, 3.63) is 70.8 Å². The van der Waals surface area contributed by atoms with Gasteiger partial charge in [0.05, 0.1) is 18.4 Å². The van der Waals surface area contributed by atoms with Gasteiger partial charge in [-0.25, -0.2) is 14.9 Å². The standard InChI is InChI=1S/C23H21N5O3S/c1-31-17-6-2-5-16(15-17)28-21(29)19(18-7-3-14-32-18)20(22(28)30)26-10-12-27(13-11-26)23-24-8-4-9-25-23/h2-9,14-15H,10-13H2,1H3. The first-order valence-corrected chi connectivity index (χ1v) is 11.1. The summed E-state index contributed by atoms with van der Waals surface area (Å²) in [6.45, 7) is 2.50. The summed E-state index contributed by atoms with van der Waals surface area (Å²) >= 11 is 1.46. The molecule has 5 rings (SSSR count). The molecule has 8 nitrogen and oxygen atoms in total. The predicted molar refractivity (Wildman–Crippen MR) is 123 cm³/mol. The van der Waals surface area contributed by atoms with E-state index < -0.39 is 0 Å². The van der Waals surface area contributed by atoms with Crippen molar-refractivity contribution in [3.8, 4) is 5.75 Å². The summed E-state index contributed by atoms with van der Waals surface area (Å²) < 4.78 is 5.29. The number of anilines is 2. The Balaban J connectivity index is 1.47. The number of benzene rings is 1. The van der Waals surface area contributed by atoms with Crippen molar-refractivity contribution in [2.45, 2.75) is 0 Å². The zero-order chi connectivity index (χ0) is 22.1. The van der Waals surface area contributed by atoms with Gasteiger partial charge in [0.15, 0.2) is 0 Å². The number of imide groups is 1. The third kappa shape index (κ3) is 3.50. The third-order valence-electron chi connectivity index (χ3n) is 5.57. The van der Waals surface area contributed by atoms with E-state index in [2.05, 4.69) is 14.9 Å². The van der Waals surface area contributed by atoms with E-state index in [-0.39, 0.29) is 11.8 Å². The zero-order valence-electron chi connectivity index (χ0n) is 17.5. The van der Waals surface area contributed by atoms with Gasteiger partial charge in [0.25, 0.3) is 11.8 Å². The van der Waals surface area contributed by atoms with Crippen LogP contribution in [0.1, 0.15) is 4.88 Å². The van der Waals surface area contributed by atoms with Crippen LogP contribution in [0.4, 0.5) is 11.6 Å². The molecule has 4 heterocycles. The van der Waals surface area contributed by atoms with Crippen LogP contribution < -0.4 is 14.5 Å². The number of carbonyl (C=O) groups excluding carboxylic acids is 2. The highest BCUT2D eigenvalue weighted by molar-refractivity contribution is 7.11. The Morgan fingerprint density at radius 2 is 1.66 bits per heavy atom. The number of methoxy groups -OCH3 is 1. The second-order valence-corrected chi connectivity index (χ2v) is 8.32. The van der Waals surface area contributed by atoms with Gasteiger partial charge in [0.1, 0.15) is 11.4 Å². The number of amides is 2. The average Bonchev–Trinajstić information content (AvgIpc) is 3.45. The lowest BCUT2D eigenvalue weighted by Gasteiger charge is -2.36. The summed E-state index contributed by atoms with van der Waals surface area (Å²) in [5.41, 5.74) is 1.41. The van der Waals surface area contributed by atoms with Gasteiger partial charge in [-0.05, 0) is 29.6 Å². The lowest BCUT2D eigenvalue weighted by atomic mass is 10.1. The summed E-state index contributed by atoms with van der Waals surface area (Å²) in [7, 11) is 1.56. The highest BCUT2D eigenvalue weighted by atomic mass is 32.1. The molecule has 9 heteroatoms. The van der Waals surface area contributed by atoms with E-state index in [1.807, 2.05) is 22.4 Å². The molecule has 162 valence electrons. The maximum Gasteiger partial charge on any atom is 0.282 e. The number of thiophene rings is 1. The van der Waals surface area contributed by atoms with E-state index in [0.29, 0.717) is 54.8 Å². The number of piperazine rings is 1. The van der Waals surface area contributed by atoms with Crippen molar-refractivity contribution in [1.29, 1.82) is 0 Å². The number of aromatic nitrogens is 2. The Kier molecular flexibility index (Phi) is 5.32. The maximum atomic E-state index is 13.6. The molecule has 0 radical (unpaired) electrons. The molecule has 2 aromatic heterocycles. The maximum absolute atomic E-state index is 13.6. The number of nitrogens with zero attached hydrogens (tertiary/aromatic N) is 5. The molecule has 0 aliphatic carbocycles. The zero-order valence-corrected chi connectivity index (χ0v) is 18.3. The molecule has 0 saturated carbocycles. The van der Waals surface area contributed by atoms with E-state index in [4.69, 9.17) is 4.74 Å². The van der Waals surface area contributed by atoms with E-state index in [1.165, 1.54) is 16.2 Å². The lowest BCUT2D eigenvalue weighted by molar-refractivity contribution is -0.120. The first kappa shape index (κ1) is 20.2. The number of rotatable bonds is 5. The van der Waals surface area contributed by atoms with Gasteiger partial charge in [-0.15, -0.1) is 11.3 Å². The number of ether oxygens (including phenoxy) is 1. The van der Waals surface area contributed by atoms with Crippen molar-refractivity contribution >= 4 is 40.4 Å². The normalized spacial score (nSPS) is 16.8. The molecule has 2 aliphatic heterocycles. The summed E-state index contributed by atoms with van der Waals surface area (Å²) in [5, 5.41) is 1.91. The van der Waals surface area contributed by atoms with Crippen LogP contribution in [0.25, 0.3) is 5.57 Å². The van der Waals surface area contributed by atoms with E-state index in [1.54, 1.807) is 49.8 Å². The van der Waals surface area contributed by atoms with Crippen molar-refractivity contribution < 1.29 is 14.3 Å². The van der Waals surface area contributed by atoms with Crippen molar-refractivity contribution in [1.82, 2.24) is 14.9 Å². The second kappa shape index (κ2) is 8.43. The minimum Gasteiger partial charge on any atom is -0.497 e. The average molecular weight is 448 g/mol. The Morgan fingerprint density at radius 1 is 0.906 bits per heavy atom. The molecular formula is C23H21N5O3S. The smallest absolute Gasteiger partial charge is 0.282 e. The molecule has 0 bridgehead atoms. The first-order valence-electron chi connectivity index (χ1n) is 10.3. The largest absolute Gasteiger partial charge is 0.497 e. The van der Waals surface area contributed by atoms with Crippen LogP contribution in [-0.4, -0.2) is 60.0 Å². The Hall–Kier alpha value is -3.72. The molecule has 1 fully saturated rings. The Labute approximate surface area is 189 Å². The summed E-state index contributed by atoms with van der Waals surface area (Å²) in [4.78, 5) is 41.9. The molecule has 0 N–H and O–H groups in total. The van der Waals surface area contributed by atoms with Crippen LogP contribution in [0.2, 0.25) is 0 Å². The summed E-state index contributed by atoms with van der Waals surface area (Å²) in [5.74, 6) is 0.641. The number of hydrogen-bond acceptors (Lipinski definition) is 8. The topological polar surface area (TPSA) is 78.9 Å². The van der Waals surface area contributed by atoms with Gasteiger partial charge >= 0.3 is 0 Å². The summed E-state index contributed by atoms with van der Waals surface area (Å²) in [6.07, 6.45) is 3.44. The lowest BCUT2D eigenvalue weighted by Crippen LogP contribution is -2.48. The molecular weight excluding hydrogens is 426 g/mol. The van der Waals surface area contributed by atoms with Crippen molar-refractivity contribution in [2.24, 2.45) is 0 Å². The van der Waals surface area contributed by atoms with Crippen LogP contribution in [0, 0.1) is 0 Å². The fourth-order valence-corrected chi connectivity index (χ4v) is 4.79. The molecule has 1 saturated heterocycles. The van der Waals surface area contributed by atoms with Crippen LogP contribution in [0.5, 0.6) is 5.75 Å². The predicted octanol–water partition coefficient (Wildman–Crippen LogP) is 2.65. The van der Waals surface area contributed by atoms with Gasteiger partial charge in [-0.3, -0.25) is 9.59 Å². The van der Waals surface area contributed by atoms with Gasteiger partial charge in [0.2, 0.25) is 5.95 Å². The number of hydrogen-bond donors (Lipinski definition) is 0. The van der Waals surface area contributed by atoms with Gasteiger partial charge in [-0.2, -0.15) is 0 Å². The molecule has 1 aromatic carbocycles. The minimum atomic E-state index is -0.311. The molecule has 0 atom stereocenters. The Morgan fingerprint density at radius 3 is 2.34 bits per heavy atom. The monoisotopic (exact) mass is 447 g/mol. The molecule has 3 aromatic rings. The minimum absolute atomic E-state index is 0.309. The molecule has 0 spiro atoms. The number of carbonyl (C=O) groups is 2. The highest BCUT2D eigenvalue weighted by Crippen LogP contribution is 2.37. The molecule has 2 amide bonds. The second-order valence-electron chi connectivity index (χ2n) is 7.37. The molecule has 2 aliphatic rings. The van der Waals surface area contributed by atoms with Crippen LogP contribution in [0.3, 0.4) is 0 Å². The molecule has 32 heavy (non-hydrogen) atoms. The van der Waals surface area contributed by atoms with Crippen molar-refractivity contribution in [3.63, 3.8) is 0 Å².